The second-order valence-corrected chi connectivity index (χ2v) is 11.4. The van der Waals surface area contributed by atoms with Gasteiger partial charge in [0.15, 0.2) is 23.0 Å². The molecule has 1 heterocycles. The van der Waals surface area contributed by atoms with E-state index < -0.39 is 0 Å². The lowest BCUT2D eigenvalue weighted by Crippen LogP contribution is -2.51. The van der Waals surface area contributed by atoms with Crippen LogP contribution >= 0.6 is 0 Å². The van der Waals surface area contributed by atoms with E-state index in [0.717, 1.165) is 47.0 Å². The summed E-state index contributed by atoms with van der Waals surface area (Å²) >= 11 is 0. The van der Waals surface area contributed by atoms with Crippen molar-refractivity contribution in [2.24, 2.45) is 23.2 Å². The highest BCUT2D eigenvalue weighted by Gasteiger charge is 2.54. The van der Waals surface area contributed by atoms with Crippen molar-refractivity contribution in [1.82, 2.24) is 4.98 Å². The van der Waals surface area contributed by atoms with Crippen LogP contribution in [0, 0.1) is 23.2 Å². The number of nitrogens with one attached hydrogen (secondary N) is 1. The van der Waals surface area contributed by atoms with Gasteiger partial charge in [-0.2, -0.15) is 0 Å². The Kier molecular flexibility index (Phi) is 6.33. The van der Waals surface area contributed by atoms with Gasteiger partial charge >= 0.3 is 0 Å². The molecule has 0 spiro atoms. The van der Waals surface area contributed by atoms with Gasteiger partial charge in [0, 0.05) is 29.8 Å². The van der Waals surface area contributed by atoms with Gasteiger partial charge in [-0.1, -0.05) is 0 Å². The van der Waals surface area contributed by atoms with Gasteiger partial charge in [-0.3, -0.25) is 9.78 Å². The standard InChI is InChI=1S/C31H36N2O5/c1-35-26-11-21-5-6-32-25(23(21)13-28(26)37-3)10-22-12-27(36-2)29(38-4)14-24(22)33-30(34)31-15-18-7-19(16-31)9-20(8-18)17-31/h5-6,11-14,18-20H,7-10,15-17H2,1-4H3,(H,33,34). The Hall–Kier alpha value is -3.48. The molecule has 4 aliphatic carbocycles. The maximum absolute atomic E-state index is 14.0. The average molecular weight is 517 g/mol. The monoisotopic (exact) mass is 516 g/mol. The van der Waals surface area contributed by atoms with E-state index in [1.807, 2.05) is 30.3 Å². The Labute approximate surface area is 223 Å². The Bertz CT molecular complexity index is 1350. The zero-order valence-electron chi connectivity index (χ0n) is 22.6. The van der Waals surface area contributed by atoms with E-state index in [1.165, 1.54) is 19.3 Å². The fourth-order valence-electron chi connectivity index (χ4n) is 7.71. The van der Waals surface area contributed by atoms with Crippen molar-refractivity contribution in [3.8, 4) is 23.0 Å². The average Bonchev–Trinajstić information content (AvgIpc) is 2.92. The second kappa shape index (κ2) is 9.68. The summed E-state index contributed by atoms with van der Waals surface area (Å²) in [6.07, 6.45) is 9.25. The number of hydrogen-bond acceptors (Lipinski definition) is 6. The number of aromatic nitrogens is 1. The quantitative estimate of drug-likeness (QED) is 0.395. The number of ether oxygens (including phenoxy) is 4. The van der Waals surface area contributed by atoms with E-state index in [2.05, 4.69) is 5.32 Å². The molecule has 0 saturated heterocycles. The summed E-state index contributed by atoms with van der Waals surface area (Å²) in [4.78, 5) is 18.7. The molecule has 38 heavy (non-hydrogen) atoms. The Morgan fingerprint density at radius 2 is 1.39 bits per heavy atom. The first-order chi connectivity index (χ1) is 18.4. The highest BCUT2D eigenvalue weighted by Crippen LogP contribution is 2.60. The third kappa shape index (κ3) is 4.22. The highest BCUT2D eigenvalue weighted by atomic mass is 16.5. The van der Waals surface area contributed by atoms with Gasteiger partial charge < -0.3 is 24.3 Å². The van der Waals surface area contributed by atoms with Crippen LogP contribution in [0.25, 0.3) is 10.8 Å². The molecule has 0 aliphatic heterocycles. The molecule has 0 atom stereocenters. The number of rotatable bonds is 8. The molecular weight excluding hydrogens is 480 g/mol. The number of fused-ring (bicyclic) bond motifs is 1. The zero-order valence-corrected chi connectivity index (χ0v) is 22.6. The minimum absolute atomic E-state index is 0.155. The lowest BCUT2D eigenvalue weighted by molar-refractivity contribution is -0.140. The summed E-state index contributed by atoms with van der Waals surface area (Å²) in [5.74, 6) is 4.78. The van der Waals surface area contributed by atoms with Crippen LogP contribution in [0.3, 0.4) is 0 Å². The van der Waals surface area contributed by atoms with E-state index in [4.69, 9.17) is 23.9 Å². The molecule has 0 radical (unpaired) electrons. The van der Waals surface area contributed by atoms with Gasteiger partial charge in [0.05, 0.1) is 39.5 Å². The molecule has 2 aromatic carbocycles. The summed E-state index contributed by atoms with van der Waals surface area (Å²) < 4.78 is 22.3. The maximum atomic E-state index is 14.0. The summed E-state index contributed by atoms with van der Waals surface area (Å²) in [6, 6.07) is 9.73. The van der Waals surface area contributed by atoms with Gasteiger partial charge in [-0.25, -0.2) is 0 Å². The molecule has 3 aromatic rings. The third-order valence-corrected chi connectivity index (χ3v) is 9.09. The van der Waals surface area contributed by atoms with E-state index >= 15 is 0 Å². The molecule has 4 aliphatic rings. The van der Waals surface area contributed by atoms with Crippen LogP contribution in [0.4, 0.5) is 5.69 Å². The number of carbonyl (C=O) groups is 1. The molecule has 1 amide bonds. The summed E-state index contributed by atoms with van der Waals surface area (Å²) in [6.45, 7) is 0. The number of benzene rings is 2. The Morgan fingerprint density at radius 1 is 0.842 bits per heavy atom. The normalized spacial score (nSPS) is 25.3. The highest BCUT2D eigenvalue weighted by molar-refractivity contribution is 5.97. The molecule has 7 rings (SSSR count). The molecule has 4 bridgehead atoms. The van der Waals surface area contributed by atoms with E-state index in [1.54, 1.807) is 34.6 Å². The summed E-state index contributed by atoms with van der Waals surface area (Å²) in [5.41, 5.74) is 2.31. The van der Waals surface area contributed by atoms with Crippen LogP contribution in [-0.4, -0.2) is 39.3 Å². The lowest BCUT2D eigenvalue weighted by Gasteiger charge is -2.55. The van der Waals surface area contributed by atoms with Crippen molar-refractivity contribution in [2.75, 3.05) is 33.8 Å². The third-order valence-electron chi connectivity index (χ3n) is 9.09. The Morgan fingerprint density at radius 3 is 2.00 bits per heavy atom. The molecule has 4 saturated carbocycles. The summed E-state index contributed by atoms with van der Waals surface area (Å²) in [5, 5.41) is 5.33. The molecular formula is C31H36N2O5. The van der Waals surface area contributed by atoms with E-state index in [9.17, 15) is 4.79 Å². The SMILES string of the molecule is COc1cc(Cc2nccc3cc(OC)c(OC)cc23)c(NC(=O)C23CC4CC(CC(C4)C2)C3)cc1OC. The molecule has 1 aromatic heterocycles. The Balaban J connectivity index is 1.38. The van der Waals surface area contributed by atoms with Gasteiger partial charge in [0.2, 0.25) is 5.91 Å². The van der Waals surface area contributed by atoms with Crippen LogP contribution < -0.4 is 24.3 Å². The topological polar surface area (TPSA) is 78.9 Å². The van der Waals surface area contributed by atoms with Gasteiger partial charge in [-0.15, -0.1) is 0 Å². The summed E-state index contributed by atoms with van der Waals surface area (Å²) in [7, 11) is 6.51. The number of methoxy groups -OCH3 is 4. The van der Waals surface area contributed by atoms with Crippen molar-refractivity contribution in [3.05, 3.63) is 47.8 Å². The second-order valence-electron chi connectivity index (χ2n) is 11.4. The van der Waals surface area contributed by atoms with Crippen molar-refractivity contribution in [1.29, 1.82) is 0 Å². The van der Waals surface area contributed by atoms with E-state index in [0.29, 0.717) is 47.2 Å². The van der Waals surface area contributed by atoms with Crippen LogP contribution in [0.15, 0.2) is 36.5 Å². The minimum Gasteiger partial charge on any atom is -0.493 e. The number of hydrogen-bond donors (Lipinski definition) is 1. The predicted octanol–water partition coefficient (Wildman–Crippen LogP) is 6.01. The molecule has 1 N–H and O–H groups in total. The molecule has 200 valence electrons. The lowest BCUT2D eigenvalue weighted by atomic mass is 9.49. The number of nitrogens with zero attached hydrogens (tertiary/aromatic N) is 1. The van der Waals surface area contributed by atoms with Crippen molar-refractivity contribution < 1.29 is 23.7 Å². The zero-order chi connectivity index (χ0) is 26.4. The number of pyridine rings is 1. The maximum Gasteiger partial charge on any atom is 0.230 e. The van der Waals surface area contributed by atoms with Crippen LogP contribution in [0.2, 0.25) is 0 Å². The van der Waals surface area contributed by atoms with Gasteiger partial charge in [0.1, 0.15) is 0 Å². The van der Waals surface area contributed by atoms with Gasteiger partial charge in [0.25, 0.3) is 0 Å². The van der Waals surface area contributed by atoms with Crippen molar-refractivity contribution >= 4 is 22.4 Å². The van der Waals surface area contributed by atoms with Crippen LogP contribution in [0.5, 0.6) is 23.0 Å². The number of amides is 1. The predicted molar refractivity (Wildman–Crippen MR) is 146 cm³/mol. The molecule has 4 fully saturated rings. The molecule has 7 nitrogen and oxygen atoms in total. The molecule has 0 unspecified atom stereocenters. The first kappa shape index (κ1) is 24.8. The largest absolute Gasteiger partial charge is 0.493 e. The smallest absolute Gasteiger partial charge is 0.230 e. The van der Waals surface area contributed by atoms with Crippen molar-refractivity contribution in [2.45, 2.75) is 44.9 Å². The first-order valence-electron chi connectivity index (χ1n) is 13.5. The fraction of sp³-hybridized carbons (Fsp3) is 0.484. The first-order valence-corrected chi connectivity index (χ1v) is 13.5. The van der Waals surface area contributed by atoms with Crippen LogP contribution in [0.1, 0.15) is 49.8 Å². The van der Waals surface area contributed by atoms with Gasteiger partial charge in [-0.05, 0) is 91.5 Å². The van der Waals surface area contributed by atoms with E-state index in [-0.39, 0.29) is 11.3 Å². The van der Waals surface area contributed by atoms with Crippen molar-refractivity contribution in [3.63, 3.8) is 0 Å². The fourth-order valence-corrected chi connectivity index (χ4v) is 7.71. The molecule has 7 heteroatoms. The minimum atomic E-state index is -0.249. The number of anilines is 1. The van der Waals surface area contributed by atoms with Crippen LogP contribution in [-0.2, 0) is 11.2 Å². The number of carbonyl (C=O) groups excluding carboxylic acids is 1.